The third-order valence-corrected chi connectivity index (χ3v) is 2.61. The second-order valence-electron chi connectivity index (χ2n) is 3.99. The van der Waals surface area contributed by atoms with Gasteiger partial charge in [0.15, 0.2) is 0 Å². The van der Waals surface area contributed by atoms with Crippen LogP contribution < -0.4 is 10.1 Å². The molecule has 5 nitrogen and oxygen atoms in total. The third kappa shape index (κ3) is 4.97. The van der Waals surface area contributed by atoms with Gasteiger partial charge in [0, 0.05) is 12.1 Å². The summed E-state index contributed by atoms with van der Waals surface area (Å²) in [6, 6.07) is 7.05. The molecule has 0 atom stereocenters. The number of ether oxygens (including phenoxy) is 1. The minimum atomic E-state index is -1.01. The quantitative estimate of drug-likeness (QED) is 0.745. The van der Waals surface area contributed by atoms with Crippen LogP contribution in [0.1, 0.15) is 12.0 Å². The standard InChI is InChI=1S/C15H17NO4/c1-3-14(17)16-9-8-12(15(18)19)10-11-4-6-13(20-2)7-5-11/h3-7,10H,1,8-9H2,2H3,(H,16,17)(H,18,19)/b12-10+. The van der Waals surface area contributed by atoms with Crippen LogP contribution in [0.25, 0.3) is 6.08 Å². The molecule has 0 aliphatic carbocycles. The lowest BCUT2D eigenvalue weighted by Gasteiger charge is -2.05. The van der Waals surface area contributed by atoms with Crippen molar-refractivity contribution in [2.24, 2.45) is 0 Å². The molecule has 0 heterocycles. The maximum atomic E-state index is 11.1. The van der Waals surface area contributed by atoms with Crippen LogP contribution in [0.2, 0.25) is 0 Å². The van der Waals surface area contributed by atoms with Gasteiger partial charge in [-0.25, -0.2) is 4.79 Å². The number of aliphatic carboxylic acids is 1. The Morgan fingerprint density at radius 3 is 2.50 bits per heavy atom. The predicted octanol–water partition coefficient (Wildman–Crippen LogP) is 1.86. The first-order chi connectivity index (χ1) is 9.56. The minimum Gasteiger partial charge on any atom is -0.497 e. The van der Waals surface area contributed by atoms with Gasteiger partial charge in [-0.15, -0.1) is 0 Å². The highest BCUT2D eigenvalue weighted by Crippen LogP contribution is 2.15. The topological polar surface area (TPSA) is 75.6 Å². The van der Waals surface area contributed by atoms with Crippen molar-refractivity contribution in [2.75, 3.05) is 13.7 Å². The summed E-state index contributed by atoms with van der Waals surface area (Å²) >= 11 is 0. The molecule has 20 heavy (non-hydrogen) atoms. The van der Waals surface area contributed by atoms with E-state index in [4.69, 9.17) is 9.84 Å². The fourth-order valence-electron chi connectivity index (χ4n) is 1.53. The van der Waals surface area contributed by atoms with Gasteiger partial charge in [-0.2, -0.15) is 0 Å². The van der Waals surface area contributed by atoms with E-state index in [1.54, 1.807) is 37.5 Å². The van der Waals surface area contributed by atoms with Crippen molar-refractivity contribution in [1.29, 1.82) is 0 Å². The molecule has 2 N–H and O–H groups in total. The van der Waals surface area contributed by atoms with Gasteiger partial charge in [0.2, 0.25) is 5.91 Å². The van der Waals surface area contributed by atoms with E-state index in [-0.39, 0.29) is 24.4 Å². The van der Waals surface area contributed by atoms with Gasteiger partial charge in [-0.3, -0.25) is 4.79 Å². The van der Waals surface area contributed by atoms with Crippen LogP contribution in [-0.2, 0) is 9.59 Å². The third-order valence-electron chi connectivity index (χ3n) is 2.61. The number of methoxy groups -OCH3 is 1. The van der Waals surface area contributed by atoms with Crippen LogP contribution in [0.4, 0.5) is 0 Å². The van der Waals surface area contributed by atoms with E-state index in [9.17, 15) is 9.59 Å². The highest BCUT2D eigenvalue weighted by Gasteiger charge is 2.07. The molecule has 0 aliphatic heterocycles. The number of carboxylic acid groups (broad SMARTS) is 1. The Balaban J connectivity index is 2.73. The zero-order chi connectivity index (χ0) is 15.0. The molecule has 0 radical (unpaired) electrons. The highest BCUT2D eigenvalue weighted by atomic mass is 16.5. The summed E-state index contributed by atoms with van der Waals surface area (Å²) in [5.74, 6) is -0.620. The maximum Gasteiger partial charge on any atom is 0.331 e. The largest absolute Gasteiger partial charge is 0.497 e. The van der Waals surface area contributed by atoms with Gasteiger partial charge in [0.1, 0.15) is 5.75 Å². The number of benzene rings is 1. The van der Waals surface area contributed by atoms with Crippen molar-refractivity contribution in [3.8, 4) is 5.75 Å². The zero-order valence-corrected chi connectivity index (χ0v) is 11.3. The average Bonchev–Trinajstić information content (AvgIpc) is 2.46. The second kappa shape index (κ2) is 7.78. The Morgan fingerprint density at radius 2 is 2.00 bits per heavy atom. The van der Waals surface area contributed by atoms with E-state index in [1.807, 2.05) is 0 Å². The summed E-state index contributed by atoms with van der Waals surface area (Å²) in [6.07, 6.45) is 2.95. The number of carbonyl (C=O) groups excluding carboxylic acids is 1. The van der Waals surface area contributed by atoms with E-state index in [0.717, 1.165) is 11.6 Å². The van der Waals surface area contributed by atoms with Crippen LogP contribution >= 0.6 is 0 Å². The summed E-state index contributed by atoms with van der Waals surface area (Å²) < 4.78 is 5.03. The fraction of sp³-hybridized carbons (Fsp3) is 0.200. The summed E-state index contributed by atoms with van der Waals surface area (Å²) in [6.45, 7) is 3.57. The van der Waals surface area contributed by atoms with E-state index < -0.39 is 5.97 Å². The average molecular weight is 275 g/mol. The molecule has 106 valence electrons. The smallest absolute Gasteiger partial charge is 0.331 e. The van der Waals surface area contributed by atoms with E-state index in [2.05, 4.69) is 11.9 Å². The van der Waals surface area contributed by atoms with Crippen molar-refractivity contribution in [3.05, 3.63) is 48.1 Å². The lowest BCUT2D eigenvalue weighted by atomic mass is 10.1. The number of hydrogen-bond acceptors (Lipinski definition) is 3. The molecule has 1 aromatic carbocycles. The molecule has 0 saturated heterocycles. The Bertz CT molecular complexity index is 517. The predicted molar refractivity (Wildman–Crippen MR) is 76.4 cm³/mol. The lowest BCUT2D eigenvalue weighted by molar-refractivity contribution is -0.132. The van der Waals surface area contributed by atoms with E-state index >= 15 is 0 Å². The Morgan fingerprint density at radius 1 is 1.35 bits per heavy atom. The SMILES string of the molecule is C=CC(=O)NCC/C(=C\c1ccc(OC)cc1)C(=O)O. The van der Waals surface area contributed by atoms with Gasteiger partial charge in [0.25, 0.3) is 0 Å². The van der Waals surface area contributed by atoms with Crippen LogP contribution in [0.15, 0.2) is 42.5 Å². The molecule has 1 rings (SSSR count). The van der Waals surface area contributed by atoms with E-state index in [1.165, 1.54) is 0 Å². The molecular formula is C15H17NO4. The van der Waals surface area contributed by atoms with Crippen molar-refractivity contribution in [1.82, 2.24) is 5.32 Å². The first-order valence-corrected chi connectivity index (χ1v) is 6.05. The van der Waals surface area contributed by atoms with Crippen molar-refractivity contribution >= 4 is 18.0 Å². The van der Waals surface area contributed by atoms with Crippen molar-refractivity contribution in [3.63, 3.8) is 0 Å². The molecule has 1 amide bonds. The van der Waals surface area contributed by atoms with Gasteiger partial charge in [-0.05, 0) is 36.3 Å². The van der Waals surface area contributed by atoms with Crippen molar-refractivity contribution < 1.29 is 19.4 Å². The molecule has 1 aromatic rings. The van der Waals surface area contributed by atoms with Gasteiger partial charge in [0.05, 0.1) is 7.11 Å². The summed E-state index contributed by atoms with van der Waals surface area (Å²) in [5.41, 5.74) is 0.984. The van der Waals surface area contributed by atoms with Crippen LogP contribution in [0.5, 0.6) is 5.75 Å². The highest BCUT2D eigenvalue weighted by molar-refractivity contribution is 5.92. The van der Waals surface area contributed by atoms with Gasteiger partial charge >= 0.3 is 5.97 Å². The monoisotopic (exact) mass is 275 g/mol. The Hall–Kier alpha value is -2.56. The van der Waals surface area contributed by atoms with E-state index in [0.29, 0.717) is 5.75 Å². The summed E-state index contributed by atoms with van der Waals surface area (Å²) in [5, 5.41) is 11.7. The van der Waals surface area contributed by atoms with Crippen LogP contribution in [0, 0.1) is 0 Å². The molecule has 0 fully saturated rings. The molecule has 0 aliphatic rings. The summed E-state index contributed by atoms with van der Waals surface area (Å²) in [7, 11) is 1.57. The molecule has 0 aromatic heterocycles. The molecule has 0 bridgehead atoms. The number of carboxylic acids is 1. The molecule has 0 saturated carbocycles. The normalized spacial score (nSPS) is 10.8. The number of amides is 1. The second-order valence-corrected chi connectivity index (χ2v) is 3.99. The fourth-order valence-corrected chi connectivity index (χ4v) is 1.53. The number of rotatable bonds is 7. The zero-order valence-electron chi connectivity index (χ0n) is 11.3. The number of nitrogens with one attached hydrogen (secondary N) is 1. The number of carbonyl (C=O) groups is 2. The van der Waals surface area contributed by atoms with Crippen LogP contribution in [-0.4, -0.2) is 30.6 Å². The lowest BCUT2D eigenvalue weighted by Crippen LogP contribution is -2.23. The Kier molecular flexibility index (Phi) is 6.03. The first kappa shape index (κ1) is 15.5. The van der Waals surface area contributed by atoms with Crippen molar-refractivity contribution in [2.45, 2.75) is 6.42 Å². The number of hydrogen-bond donors (Lipinski definition) is 2. The molecule has 5 heteroatoms. The maximum absolute atomic E-state index is 11.1. The van der Waals surface area contributed by atoms with Gasteiger partial charge < -0.3 is 15.2 Å². The first-order valence-electron chi connectivity index (χ1n) is 6.05. The van der Waals surface area contributed by atoms with Crippen LogP contribution in [0.3, 0.4) is 0 Å². The summed E-state index contributed by atoms with van der Waals surface area (Å²) in [4.78, 5) is 22.1. The molecule has 0 spiro atoms. The molecule has 0 unspecified atom stereocenters. The Labute approximate surface area is 117 Å². The van der Waals surface area contributed by atoms with Gasteiger partial charge in [-0.1, -0.05) is 18.7 Å². The molecular weight excluding hydrogens is 258 g/mol. The minimum absolute atomic E-state index is 0.222.